The molecule has 0 spiro atoms. The van der Waals surface area contributed by atoms with Gasteiger partial charge in [-0.2, -0.15) is 0 Å². The van der Waals surface area contributed by atoms with E-state index in [0.29, 0.717) is 6.42 Å². The van der Waals surface area contributed by atoms with Gasteiger partial charge in [0.25, 0.3) is 0 Å². The molecule has 1 aliphatic carbocycles. The molecule has 1 N–H and O–H groups in total. The van der Waals surface area contributed by atoms with Gasteiger partial charge in [0.1, 0.15) is 6.10 Å². The Morgan fingerprint density at radius 1 is 1.54 bits per heavy atom. The van der Waals surface area contributed by atoms with E-state index in [1.165, 1.54) is 0 Å². The Kier molecular flexibility index (Phi) is 1.71. The molecule has 13 heavy (non-hydrogen) atoms. The quantitative estimate of drug-likeness (QED) is 0.570. The van der Waals surface area contributed by atoms with Crippen molar-refractivity contribution in [2.75, 3.05) is 0 Å². The summed E-state index contributed by atoms with van der Waals surface area (Å²) < 4.78 is 5.20. The molecular weight excluding hydrogens is 168 g/mol. The van der Waals surface area contributed by atoms with Gasteiger partial charge in [0.15, 0.2) is 0 Å². The summed E-state index contributed by atoms with van der Waals surface area (Å²) in [6, 6.07) is 0. The van der Waals surface area contributed by atoms with Crippen LogP contribution >= 0.6 is 0 Å². The SMILES string of the molecule is CC1C(=O)OC2CC(C)(O)C(C)C21. The largest absolute Gasteiger partial charge is 0.462 e. The van der Waals surface area contributed by atoms with E-state index in [1.54, 1.807) is 0 Å². The second-order valence-corrected chi connectivity index (χ2v) is 4.69. The average Bonchev–Trinajstić information content (AvgIpc) is 2.36. The van der Waals surface area contributed by atoms with Crippen LogP contribution in [0.1, 0.15) is 27.2 Å². The first-order valence-corrected chi connectivity index (χ1v) is 4.86. The summed E-state index contributed by atoms with van der Waals surface area (Å²) >= 11 is 0. The monoisotopic (exact) mass is 184 g/mol. The fraction of sp³-hybridized carbons (Fsp3) is 0.900. The summed E-state index contributed by atoms with van der Waals surface area (Å²) in [6.45, 7) is 5.73. The van der Waals surface area contributed by atoms with Crippen LogP contribution < -0.4 is 0 Å². The van der Waals surface area contributed by atoms with E-state index in [2.05, 4.69) is 0 Å². The second kappa shape index (κ2) is 2.47. The van der Waals surface area contributed by atoms with Crippen molar-refractivity contribution in [3.63, 3.8) is 0 Å². The third-order valence-electron chi connectivity index (χ3n) is 3.82. The molecule has 0 aromatic heterocycles. The first kappa shape index (κ1) is 9.00. The zero-order valence-electron chi connectivity index (χ0n) is 8.28. The van der Waals surface area contributed by atoms with E-state index < -0.39 is 5.60 Å². The minimum atomic E-state index is -0.662. The average molecular weight is 184 g/mol. The van der Waals surface area contributed by atoms with Gasteiger partial charge in [0.05, 0.1) is 11.5 Å². The number of carbonyl (C=O) groups is 1. The topological polar surface area (TPSA) is 46.5 Å². The van der Waals surface area contributed by atoms with Gasteiger partial charge in [-0.05, 0) is 12.8 Å². The molecule has 2 aliphatic rings. The summed E-state index contributed by atoms with van der Waals surface area (Å²) in [5.41, 5.74) is -0.662. The Labute approximate surface area is 78.1 Å². The van der Waals surface area contributed by atoms with Crippen LogP contribution in [0.5, 0.6) is 0 Å². The fourth-order valence-corrected chi connectivity index (χ4v) is 2.75. The molecule has 0 aromatic rings. The van der Waals surface area contributed by atoms with Gasteiger partial charge in [0.2, 0.25) is 0 Å². The maximum atomic E-state index is 11.2. The van der Waals surface area contributed by atoms with Crippen molar-refractivity contribution in [2.24, 2.45) is 17.8 Å². The van der Waals surface area contributed by atoms with E-state index in [9.17, 15) is 9.90 Å². The lowest BCUT2D eigenvalue weighted by atomic mass is 9.82. The van der Waals surface area contributed by atoms with Crippen LogP contribution in [0.15, 0.2) is 0 Å². The minimum absolute atomic E-state index is 0.0472. The van der Waals surface area contributed by atoms with E-state index in [1.807, 2.05) is 20.8 Å². The molecule has 1 saturated carbocycles. The van der Waals surface area contributed by atoms with Crippen molar-refractivity contribution < 1.29 is 14.6 Å². The maximum absolute atomic E-state index is 11.2. The van der Waals surface area contributed by atoms with Crippen molar-refractivity contribution in [3.8, 4) is 0 Å². The highest BCUT2D eigenvalue weighted by Gasteiger charge is 2.56. The molecule has 0 bridgehead atoms. The molecule has 5 atom stereocenters. The number of esters is 1. The van der Waals surface area contributed by atoms with Crippen molar-refractivity contribution in [1.29, 1.82) is 0 Å². The summed E-state index contributed by atoms with van der Waals surface area (Å²) in [5.74, 6) is 0.216. The van der Waals surface area contributed by atoms with Gasteiger partial charge < -0.3 is 9.84 Å². The summed E-state index contributed by atoms with van der Waals surface area (Å²) in [4.78, 5) is 11.2. The standard InChI is InChI=1S/C10H16O3/c1-5-8-6(2)10(3,12)4-7(8)13-9(5)11/h5-8,12H,4H2,1-3H3. The molecule has 2 fully saturated rings. The normalized spacial score (nSPS) is 54.9. The summed E-state index contributed by atoms with van der Waals surface area (Å²) in [6.07, 6.45) is 0.544. The number of hydrogen-bond acceptors (Lipinski definition) is 3. The highest BCUT2D eigenvalue weighted by molar-refractivity contribution is 5.75. The molecule has 1 aliphatic heterocycles. The first-order valence-electron chi connectivity index (χ1n) is 4.86. The number of hydrogen-bond donors (Lipinski definition) is 1. The lowest BCUT2D eigenvalue weighted by molar-refractivity contribution is -0.145. The molecule has 3 heteroatoms. The van der Waals surface area contributed by atoms with Crippen molar-refractivity contribution in [1.82, 2.24) is 0 Å². The van der Waals surface area contributed by atoms with Gasteiger partial charge in [-0.15, -0.1) is 0 Å². The van der Waals surface area contributed by atoms with E-state index >= 15 is 0 Å². The third-order valence-corrected chi connectivity index (χ3v) is 3.82. The molecule has 0 amide bonds. The van der Waals surface area contributed by atoms with Crippen LogP contribution in [0.3, 0.4) is 0 Å². The lowest BCUT2D eigenvalue weighted by Gasteiger charge is -2.25. The molecular formula is C10H16O3. The van der Waals surface area contributed by atoms with Gasteiger partial charge in [-0.3, -0.25) is 4.79 Å². The highest BCUT2D eigenvalue weighted by atomic mass is 16.6. The van der Waals surface area contributed by atoms with Crippen LogP contribution in [0.25, 0.3) is 0 Å². The fourth-order valence-electron chi connectivity index (χ4n) is 2.75. The van der Waals surface area contributed by atoms with Crippen molar-refractivity contribution in [3.05, 3.63) is 0 Å². The molecule has 74 valence electrons. The third kappa shape index (κ3) is 1.10. The minimum Gasteiger partial charge on any atom is -0.462 e. The highest BCUT2D eigenvalue weighted by Crippen LogP contribution is 2.48. The number of aliphatic hydroxyl groups is 1. The Bertz CT molecular complexity index is 247. The van der Waals surface area contributed by atoms with Gasteiger partial charge in [-0.1, -0.05) is 13.8 Å². The molecule has 2 rings (SSSR count). The second-order valence-electron chi connectivity index (χ2n) is 4.69. The van der Waals surface area contributed by atoms with Crippen molar-refractivity contribution >= 4 is 5.97 Å². The number of carbonyl (C=O) groups excluding carboxylic acids is 1. The Balaban J connectivity index is 2.25. The van der Waals surface area contributed by atoms with Crippen LogP contribution in [-0.2, 0) is 9.53 Å². The van der Waals surface area contributed by atoms with E-state index in [0.717, 1.165) is 0 Å². The zero-order chi connectivity index (χ0) is 9.80. The molecule has 3 nitrogen and oxygen atoms in total. The van der Waals surface area contributed by atoms with E-state index in [4.69, 9.17) is 4.74 Å². The Hall–Kier alpha value is -0.570. The number of fused-ring (bicyclic) bond motifs is 1. The Morgan fingerprint density at radius 3 is 2.69 bits per heavy atom. The van der Waals surface area contributed by atoms with Crippen LogP contribution in [0, 0.1) is 17.8 Å². The Morgan fingerprint density at radius 2 is 2.15 bits per heavy atom. The lowest BCUT2D eigenvalue weighted by Crippen LogP contribution is -2.32. The molecule has 0 radical (unpaired) electrons. The first-order chi connectivity index (χ1) is 5.93. The molecule has 0 aromatic carbocycles. The molecule has 5 unspecified atom stereocenters. The van der Waals surface area contributed by atoms with Gasteiger partial charge in [0, 0.05) is 12.3 Å². The van der Waals surface area contributed by atoms with Crippen LogP contribution in [0.2, 0.25) is 0 Å². The molecule has 1 saturated heterocycles. The summed E-state index contributed by atoms with van der Waals surface area (Å²) in [7, 11) is 0. The molecule has 1 heterocycles. The predicted molar refractivity (Wildman–Crippen MR) is 46.9 cm³/mol. The van der Waals surface area contributed by atoms with Crippen LogP contribution in [-0.4, -0.2) is 22.8 Å². The maximum Gasteiger partial charge on any atom is 0.309 e. The van der Waals surface area contributed by atoms with Gasteiger partial charge >= 0.3 is 5.97 Å². The number of rotatable bonds is 0. The van der Waals surface area contributed by atoms with Crippen LogP contribution in [0.4, 0.5) is 0 Å². The predicted octanol–water partition coefficient (Wildman–Crippen LogP) is 0.955. The van der Waals surface area contributed by atoms with Gasteiger partial charge in [-0.25, -0.2) is 0 Å². The zero-order valence-corrected chi connectivity index (χ0v) is 8.28. The van der Waals surface area contributed by atoms with E-state index in [-0.39, 0.29) is 29.8 Å². The smallest absolute Gasteiger partial charge is 0.309 e. The van der Waals surface area contributed by atoms with Crippen molar-refractivity contribution in [2.45, 2.75) is 38.9 Å². The summed E-state index contributed by atoms with van der Waals surface area (Å²) in [5, 5.41) is 9.98. The number of ether oxygens (including phenoxy) is 1.